The second-order valence-electron chi connectivity index (χ2n) is 21.0. The number of Topliss-reactive ketones (excluding diaryl/α,β-unsaturated/α-hetero) is 2. The van der Waals surface area contributed by atoms with E-state index in [4.69, 9.17) is 0 Å². The number of allylic oxidation sites excluding steroid dienone is 1. The Labute approximate surface area is 348 Å². The first-order chi connectivity index (χ1) is 27.0. The van der Waals surface area contributed by atoms with E-state index >= 15 is 4.79 Å². The summed E-state index contributed by atoms with van der Waals surface area (Å²) in [5.74, 6) is -2.55. The van der Waals surface area contributed by atoms with Crippen molar-refractivity contribution in [2.75, 3.05) is 26.7 Å². The van der Waals surface area contributed by atoms with Crippen molar-refractivity contribution < 1.29 is 32.4 Å². The van der Waals surface area contributed by atoms with Gasteiger partial charge >= 0.3 is 10.2 Å². The molecule has 0 aromatic carbocycles. The SMILES string of the molecule is C=C[C@@H]1C[C@]1(CC(=O)[C@@H]1C[C@@]2(CN1C(=O)[C@@H](CC(=O)[C@@H](NC(=O)[C@@H]1CCCN1CC)C1CCCCC1)C(C)(C)C)C(C)(C)C21CCC1)C(=O)NS(=O)(=O)N(C)C(C)C. The maximum absolute atomic E-state index is 15.3. The highest BCUT2D eigenvalue weighted by atomic mass is 32.2. The number of hydrogen-bond donors (Lipinski definition) is 2. The number of likely N-dealkylation sites (N-methyl/N-ethyl adjacent to an activating group) is 1. The van der Waals surface area contributed by atoms with Gasteiger partial charge in [0, 0.05) is 43.8 Å². The van der Waals surface area contributed by atoms with Crippen molar-refractivity contribution in [1.29, 1.82) is 0 Å². The summed E-state index contributed by atoms with van der Waals surface area (Å²) in [6.07, 6.45) is 11.8. The molecule has 2 saturated heterocycles. The number of likely N-dealkylation sites (tertiary alicyclic amines) is 2. The molecule has 6 aliphatic rings. The lowest BCUT2D eigenvalue weighted by atomic mass is 9.73. The maximum atomic E-state index is 15.3. The van der Waals surface area contributed by atoms with Crippen LogP contribution >= 0.6 is 0 Å². The first-order valence-corrected chi connectivity index (χ1v) is 23.8. The summed E-state index contributed by atoms with van der Waals surface area (Å²) in [4.78, 5) is 76.5. The van der Waals surface area contributed by atoms with Crippen LogP contribution < -0.4 is 10.0 Å². The average molecular weight is 828 g/mol. The van der Waals surface area contributed by atoms with Crippen molar-refractivity contribution in [2.24, 2.45) is 44.8 Å². The lowest BCUT2D eigenvalue weighted by Crippen LogP contribution is -2.54. The van der Waals surface area contributed by atoms with Gasteiger partial charge in [0.05, 0.1) is 23.5 Å². The molecule has 3 amide bonds. The van der Waals surface area contributed by atoms with Gasteiger partial charge < -0.3 is 10.2 Å². The van der Waals surface area contributed by atoms with Gasteiger partial charge in [-0.2, -0.15) is 12.7 Å². The summed E-state index contributed by atoms with van der Waals surface area (Å²) >= 11 is 0. The van der Waals surface area contributed by atoms with E-state index in [0.29, 0.717) is 19.4 Å². The van der Waals surface area contributed by atoms with Crippen LogP contribution in [0.15, 0.2) is 12.7 Å². The number of hydrogen-bond acceptors (Lipinski definition) is 8. The van der Waals surface area contributed by atoms with Gasteiger partial charge in [-0.1, -0.05) is 73.3 Å². The molecule has 4 saturated carbocycles. The predicted octanol–water partition coefficient (Wildman–Crippen LogP) is 5.81. The number of amides is 3. The van der Waals surface area contributed by atoms with Gasteiger partial charge in [0.2, 0.25) is 17.7 Å². The number of ketones is 2. The van der Waals surface area contributed by atoms with Crippen LogP contribution in [-0.2, 0) is 34.2 Å². The largest absolute Gasteiger partial charge is 0.345 e. The molecule has 0 radical (unpaired) electrons. The Bertz CT molecular complexity index is 1760. The number of rotatable bonds is 16. The molecule has 0 unspecified atom stereocenters. The Balaban J connectivity index is 1.28. The molecule has 2 heterocycles. The fourth-order valence-electron chi connectivity index (χ4n) is 12.3. The van der Waals surface area contributed by atoms with E-state index < -0.39 is 44.9 Å². The van der Waals surface area contributed by atoms with Crippen molar-refractivity contribution in [2.45, 2.75) is 169 Å². The average Bonchev–Trinajstić information content (AvgIpc) is 3.66. The monoisotopic (exact) mass is 828 g/mol. The van der Waals surface area contributed by atoms with E-state index in [0.717, 1.165) is 81.6 Å². The second-order valence-corrected chi connectivity index (χ2v) is 22.7. The van der Waals surface area contributed by atoms with Gasteiger partial charge in [-0.3, -0.25) is 28.9 Å². The highest BCUT2D eigenvalue weighted by Gasteiger charge is 2.85. The Morgan fingerprint density at radius 3 is 2.10 bits per heavy atom. The van der Waals surface area contributed by atoms with Crippen molar-refractivity contribution in [1.82, 2.24) is 24.1 Å². The molecule has 4 aliphatic carbocycles. The minimum atomic E-state index is -4.16. The van der Waals surface area contributed by atoms with E-state index in [1.165, 1.54) is 7.05 Å². The highest BCUT2D eigenvalue weighted by molar-refractivity contribution is 7.87. The lowest BCUT2D eigenvalue weighted by molar-refractivity contribution is -0.147. The van der Waals surface area contributed by atoms with Crippen molar-refractivity contribution in [3.05, 3.63) is 12.7 Å². The van der Waals surface area contributed by atoms with Gasteiger partial charge in [-0.25, -0.2) is 4.72 Å². The van der Waals surface area contributed by atoms with Crippen LogP contribution in [0, 0.1) is 44.8 Å². The Morgan fingerprint density at radius 2 is 1.59 bits per heavy atom. The Morgan fingerprint density at radius 1 is 0.931 bits per heavy atom. The maximum Gasteiger partial charge on any atom is 0.303 e. The summed E-state index contributed by atoms with van der Waals surface area (Å²) in [6, 6.07) is -2.13. The van der Waals surface area contributed by atoms with E-state index in [2.05, 4.69) is 42.3 Å². The molecule has 7 atom stereocenters. The Hall–Kier alpha value is -2.64. The number of nitrogens with one attached hydrogen (secondary N) is 2. The van der Waals surface area contributed by atoms with Gasteiger partial charge in [0.25, 0.3) is 0 Å². The summed E-state index contributed by atoms with van der Waals surface area (Å²) in [5.41, 5.74) is -2.27. The van der Waals surface area contributed by atoms with Crippen LogP contribution in [0.2, 0.25) is 0 Å². The Kier molecular flexibility index (Phi) is 12.4. The number of nitrogens with zero attached hydrogens (tertiary/aromatic N) is 3. The van der Waals surface area contributed by atoms with Crippen LogP contribution in [0.5, 0.6) is 0 Å². The van der Waals surface area contributed by atoms with E-state index in [9.17, 15) is 27.6 Å². The molecule has 326 valence electrons. The minimum absolute atomic E-state index is 0.00958. The smallest absolute Gasteiger partial charge is 0.303 e. The van der Waals surface area contributed by atoms with Crippen LogP contribution in [0.3, 0.4) is 0 Å². The molecule has 12 nitrogen and oxygen atoms in total. The molecule has 0 aromatic rings. The number of fused-ring (bicyclic) bond motifs is 1. The van der Waals surface area contributed by atoms with Gasteiger partial charge in [-0.15, -0.1) is 6.58 Å². The quantitative estimate of drug-likeness (QED) is 0.185. The fraction of sp³-hybridized carbons (Fsp3) is 0.844. The first-order valence-electron chi connectivity index (χ1n) is 22.4. The van der Waals surface area contributed by atoms with Gasteiger partial charge in [0.1, 0.15) is 0 Å². The molecule has 0 bridgehead atoms. The third-order valence-electron chi connectivity index (χ3n) is 16.7. The zero-order valence-corrected chi connectivity index (χ0v) is 37.8. The van der Waals surface area contributed by atoms with Gasteiger partial charge in [0.15, 0.2) is 11.6 Å². The molecule has 13 heteroatoms. The number of carbonyl (C=O) groups excluding carboxylic acids is 5. The summed E-state index contributed by atoms with van der Waals surface area (Å²) in [7, 11) is -2.75. The third-order valence-corrected chi connectivity index (χ3v) is 18.4. The summed E-state index contributed by atoms with van der Waals surface area (Å²) in [5, 5.41) is 3.23. The molecule has 6 rings (SSSR count). The van der Waals surface area contributed by atoms with Crippen molar-refractivity contribution in [3.63, 3.8) is 0 Å². The zero-order valence-electron chi connectivity index (χ0n) is 37.0. The lowest BCUT2D eigenvalue weighted by Gasteiger charge is -2.37. The minimum Gasteiger partial charge on any atom is -0.345 e. The molecular formula is C45H73N5O7S. The first kappa shape index (κ1) is 44.9. The molecule has 2 spiro atoms. The summed E-state index contributed by atoms with van der Waals surface area (Å²) < 4.78 is 29.6. The van der Waals surface area contributed by atoms with E-state index in [1.54, 1.807) is 24.8 Å². The van der Waals surface area contributed by atoms with Crippen molar-refractivity contribution in [3.8, 4) is 0 Å². The molecular weight excluding hydrogens is 755 g/mol. The molecule has 2 N–H and O–H groups in total. The topological polar surface area (TPSA) is 153 Å². The van der Waals surface area contributed by atoms with E-state index in [-0.39, 0.29) is 76.4 Å². The van der Waals surface area contributed by atoms with Gasteiger partial charge in [-0.05, 0) is 106 Å². The van der Waals surface area contributed by atoms with E-state index in [1.807, 2.05) is 20.8 Å². The molecule has 6 fully saturated rings. The predicted molar refractivity (Wildman–Crippen MR) is 224 cm³/mol. The second kappa shape index (κ2) is 16.0. The summed E-state index contributed by atoms with van der Waals surface area (Å²) in [6.45, 7) is 21.8. The zero-order chi connectivity index (χ0) is 42.8. The third kappa shape index (κ3) is 7.53. The van der Waals surface area contributed by atoms with Crippen LogP contribution in [0.4, 0.5) is 0 Å². The normalized spacial score (nSPS) is 31.6. The van der Waals surface area contributed by atoms with Crippen LogP contribution in [0.1, 0.15) is 145 Å². The molecule has 0 aromatic heterocycles. The van der Waals surface area contributed by atoms with Crippen molar-refractivity contribution >= 4 is 39.5 Å². The highest BCUT2D eigenvalue weighted by Crippen LogP contribution is 2.88. The molecule has 2 aliphatic heterocycles. The molecule has 58 heavy (non-hydrogen) atoms. The standard InChI is InChI=1S/C45H73N5O7S/c1-11-31-25-43(31,40(55)47-58(56,57)48(10)29(3)4)27-36(52)34-26-45(42(8,9)44(45)21-17-22-44)28-50(34)39(54)32(41(5,6)7)24-35(51)37(30-18-14-13-15-19-30)46-38(53)33-20-16-23-49(33)12-2/h11,29-34,37H,1,12-28H2,2-10H3,(H,46,53)(H,47,55)/t31-,32-,33+,34+,37+,43-,45-/m1/s1. The van der Waals surface area contributed by atoms with Crippen LogP contribution in [-0.4, -0.2) is 103 Å². The van der Waals surface area contributed by atoms with Crippen LogP contribution in [0.25, 0.3) is 0 Å². The number of carbonyl (C=O) groups is 5. The fourth-order valence-corrected chi connectivity index (χ4v) is 13.4.